The number of amides is 4. The lowest BCUT2D eigenvalue weighted by Crippen LogP contribution is -2.62. The fourth-order valence-electron chi connectivity index (χ4n) is 4.53. The predicted octanol–water partition coefficient (Wildman–Crippen LogP) is 3.28. The van der Waals surface area contributed by atoms with Gasteiger partial charge in [-0.2, -0.15) is 0 Å². The molecule has 0 aromatic heterocycles. The molecule has 166 valence electrons. The number of para-hydroxylation sites is 1. The van der Waals surface area contributed by atoms with Gasteiger partial charge in [0, 0.05) is 26.3 Å². The summed E-state index contributed by atoms with van der Waals surface area (Å²) in [6.45, 7) is 5.34. The van der Waals surface area contributed by atoms with Crippen LogP contribution >= 0.6 is 0 Å². The first-order chi connectivity index (χ1) is 15.2. The van der Waals surface area contributed by atoms with Crippen molar-refractivity contribution in [3.63, 3.8) is 0 Å². The molecule has 0 spiro atoms. The molecular weight excluding hydrogens is 408 g/mol. The van der Waals surface area contributed by atoms with Gasteiger partial charge in [-0.25, -0.2) is 0 Å². The van der Waals surface area contributed by atoms with Gasteiger partial charge in [-0.15, -0.1) is 0 Å². The zero-order valence-corrected chi connectivity index (χ0v) is 18.4. The van der Waals surface area contributed by atoms with E-state index in [-0.39, 0.29) is 36.6 Å². The van der Waals surface area contributed by atoms with Crippen LogP contribution in [0.2, 0.25) is 0 Å². The Morgan fingerprint density at radius 3 is 2.56 bits per heavy atom. The second-order valence-electron chi connectivity index (χ2n) is 8.45. The SMILES string of the molecule is CC(=O)Nc1ccc(C)cc1NC(=O)CCN1C(=O)c2ccccc2N2C(=O)CCC12C. The summed E-state index contributed by atoms with van der Waals surface area (Å²) in [6, 6.07) is 12.5. The van der Waals surface area contributed by atoms with Crippen molar-refractivity contribution in [2.24, 2.45) is 0 Å². The maximum atomic E-state index is 13.3. The topological polar surface area (TPSA) is 98.8 Å². The van der Waals surface area contributed by atoms with Crippen LogP contribution in [0.4, 0.5) is 17.1 Å². The molecule has 1 saturated heterocycles. The zero-order valence-electron chi connectivity index (χ0n) is 18.4. The number of aryl methyl sites for hydroxylation is 1. The molecule has 2 aliphatic rings. The summed E-state index contributed by atoms with van der Waals surface area (Å²) in [7, 11) is 0. The summed E-state index contributed by atoms with van der Waals surface area (Å²) in [4.78, 5) is 53.5. The van der Waals surface area contributed by atoms with Gasteiger partial charge >= 0.3 is 0 Å². The zero-order chi connectivity index (χ0) is 23.0. The number of carbonyl (C=O) groups is 4. The molecule has 32 heavy (non-hydrogen) atoms. The van der Waals surface area contributed by atoms with Gasteiger partial charge in [-0.3, -0.25) is 24.1 Å². The maximum absolute atomic E-state index is 13.3. The Morgan fingerprint density at radius 2 is 1.81 bits per heavy atom. The van der Waals surface area contributed by atoms with Crippen LogP contribution in [0.5, 0.6) is 0 Å². The highest BCUT2D eigenvalue weighted by Gasteiger charge is 2.52. The van der Waals surface area contributed by atoms with Gasteiger partial charge in [-0.1, -0.05) is 18.2 Å². The number of nitrogens with one attached hydrogen (secondary N) is 2. The van der Waals surface area contributed by atoms with Gasteiger partial charge in [0.25, 0.3) is 5.91 Å². The smallest absolute Gasteiger partial charge is 0.257 e. The Hall–Kier alpha value is -3.68. The first-order valence-electron chi connectivity index (χ1n) is 10.6. The van der Waals surface area contributed by atoms with Crippen LogP contribution in [0.1, 0.15) is 49.0 Å². The van der Waals surface area contributed by atoms with Gasteiger partial charge in [0.2, 0.25) is 17.7 Å². The van der Waals surface area contributed by atoms with Crippen molar-refractivity contribution < 1.29 is 19.2 Å². The molecule has 2 N–H and O–H groups in total. The van der Waals surface area contributed by atoms with E-state index >= 15 is 0 Å². The van der Waals surface area contributed by atoms with Crippen molar-refractivity contribution in [3.05, 3.63) is 53.6 Å². The van der Waals surface area contributed by atoms with Crippen LogP contribution in [0.3, 0.4) is 0 Å². The molecule has 1 unspecified atom stereocenters. The Kier molecular flexibility index (Phi) is 5.46. The van der Waals surface area contributed by atoms with E-state index < -0.39 is 5.66 Å². The molecule has 1 atom stereocenters. The maximum Gasteiger partial charge on any atom is 0.257 e. The highest BCUT2D eigenvalue weighted by molar-refractivity contribution is 6.10. The van der Waals surface area contributed by atoms with E-state index in [0.717, 1.165) is 5.56 Å². The van der Waals surface area contributed by atoms with Crippen LogP contribution in [0.25, 0.3) is 0 Å². The number of hydrogen-bond acceptors (Lipinski definition) is 4. The van der Waals surface area contributed by atoms with Crippen molar-refractivity contribution in [2.45, 2.75) is 45.7 Å². The Balaban J connectivity index is 1.53. The number of hydrogen-bond donors (Lipinski definition) is 2. The third-order valence-corrected chi connectivity index (χ3v) is 6.07. The third kappa shape index (κ3) is 3.72. The molecular formula is C24H26N4O4. The minimum atomic E-state index is -0.798. The molecule has 8 heteroatoms. The number of rotatable bonds is 5. The Morgan fingerprint density at radius 1 is 1.06 bits per heavy atom. The summed E-state index contributed by atoms with van der Waals surface area (Å²) >= 11 is 0. The van der Waals surface area contributed by atoms with Crippen molar-refractivity contribution in [2.75, 3.05) is 22.1 Å². The Bertz CT molecular complexity index is 1130. The lowest BCUT2D eigenvalue weighted by molar-refractivity contribution is -0.118. The first kappa shape index (κ1) is 21.5. The second-order valence-corrected chi connectivity index (χ2v) is 8.45. The van der Waals surface area contributed by atoms with E-state index in [0.29, 0.717) is 35.5 Å². The lowest BCUT2D eigenvalue weighted by atomic mass is 9.98. The van der Waals surface area contributed by atoms with E-state index in [1.165, 1.54) is 6.92 Å². The van der Waals surface area contributed by atoms with Crippen LogP contribution in [0, 0.1) is 6.92 Å². The average molecular weight is 434 g/mol. The molecule has 0 aliphatic carbocycles. The van der Waals surface area contributed by atoms with E-state index in [2.05, 4.69) is 10.6 Å². The van der Waals surface area contributed by atoms with E-state index in [1.54, 1.807) is 40.1 Å². The molecule has 8 nitrogen and oxygen atoms in total. The molecule has 0 radical (unpaired) electrons. The monoisotopic (exact) mass is 434 g/mol. The minimum Gasteiger partial charge on any atom is -0.325 e. The summed E-state index contributed by atoms with van der Waals surface area (Å²) in [6.07, 6.45) is 0.918. The average Bonchev–Trinajstić information content (AvgIpc) is 3.05. The van der Waals surface area contributed by atoms with E-state index in [1.807, 2.05) is 26.0 Å². The summed E-state index contributed by atoms with van der Waals surface area (Å²) < 4.78 is 0. The van der Waals surface area contributed by atoms with Crippen LogP contribution < -0.4 is 15.5 Å². The number of benzene rings is 2. The van der Waals surface area contributed by atoms with Crippen molar-refractivity contribution in [1.82, 2.24) is 4.90 Å². The largest absolute Gasteiger partial charge is 0.325 e. The first-order valence-corrected chi connectivity index (χ1v) is 10.6. The van der Waals surface area contributed by atoms with Crippen LogP contribution in [-0.4, -0.2) is 40.7 Å². The van der Waals surface area contributed by atoms with Gasteiger partial charge < -0.3 is 15.5 Å². The molecule has 2 aliphatic heterocycles. The molecule has 2 aromatic rings. The molecule has 0 saturated carbocycles. The summed E-state index contributed by atoms with van der Waals surface area (Å²) in [5, 5.41) is 5.55. The normalized spacial score (nSPS) is 19.5. The molecule has 1 fully saturated rings. The van der Waals surface area contributed by atoms with Crippen LogP contribution in [0.15, 0.2) is 42.5 Å². The van der Waals surface area contributed by atoms with Gasteiger partial charge in [0.15, 0.2) is 0 Å². The Labute approximate surface area is 186 Å². The third-order valence-electron chi connectivity index (χ3n) is 6.07. The van der Waals surface area contributed by atoms with Gasteiger partial charge in [-0.05, 0) is 50.1 Å². The quantitative estimate of drug-likeness (QED) is 0.754. The van der Waals surface area contributed by atoms with Crippen molar-refractivity contribution in [1.29, 1.82) is 0 Å². The van der Waals surface area contributed by atoms with Crippen molar-refractivity contribution >= 4 is 40.7 Å². The minimum absolute atomic E-state index is 0.0263. The number of fused-ring (bicyclic) bond motifs is 3. The number of carbonyl (C=O) groups excluding carboxylic acids is 4. The fraction of sp³-hybridized carbons (Fsp3) is 0.333. The lowest BCUT2D eigenvalue weighted by Gasteiger charge is -2.48. The van der Waals surface area contributed by atoms with Gasteiger partial charge in [0.1, 0.15) is 5.66 Å². The summed E-state index contributed by atoms with van der Waals surface area (Å²) in [5.74, 6) is -0.730. The highest BCUT2D eigenvalue weighted by atomic mass is 16.2. The highest BCUT2D eigenvalue weighted by Crippen LogP contribution is 2.44. The summed E-state index contributed by atoms with van der Waals surface area (Å²) in [5.41, 5.74) is 2.25. The molecule has 4 amide bonds. The second kappa shape index (κ2) is 8.11. The molecule has 2 aromatic carbocycles. The van der Waals surface area contributed by atoms with Crippen LogP contribution in [-0.2, 0) is 14.4 Å². The number of anilines is 3. The van der Waals surface area contributed by atoms with E-state index in [4.69, 9.17) is 0 Å². The van der Waals surface area contributed by atoms with Crippen molar-refractivity contribution in [3.8, 4) is 0 Å². The number of nitrogens with zero attached hydrogens (tertiary/aromatic N) is 2. The van der Waals surface area contributed by atoms with E-state index in [9.17, 15) is 19.2 Å². The van der Waals surface area contributed by atoms with Gasteiger partial charge in [0.05, 0.1) is 22.6 Å². The predicted molar refractivity (Wildman–Crippen MR) is 121 cm³/mol. The molecule has 0 bridgehead atoms. The molecule has 2 heterocycles. The fourth-order valence-corrected chi connectivity index (χ4v) is 4.53. The molecule has 4 rings (SSSR count). The standard InChI is InChI=1S/C24H26N4O4/c1-15-8-9-18(25-16(2)29)19(14-15)26-21(30)11-13-27-23(32)17-6-4-5-7-20(17)28-22(31)10-12-24(27,28)3/h4-9,14H,10-13H2,1-3H3,(H,25,29)(H,26,30).